The van der Waals surface area contributed by atoms with Gasteiger partial charge in [0, 0.05) is 24.2 Å². The molecule has 3 aromatic heterocycles. The number of hydrogen-bond donors (Lipinski definition) is 1. The smallest absolute Gasteiger partial charge is 0.168 e. The van der Waals surface area contributed by atoms with Crippen LogP contribution >= 0.6 is 11.3 Å². The maximum absolute atomic E-state index is 4.67. The van der Waals surface area contributed by atoms with E-state index in [2.05, 4.69) is 40.0 Å². The second kappa shape index (κ2) is 3.93. The van der Waals surface area contributed by atoms with Crippen molar-refractivity contribution >= 4 is 37.6 Å². The molecule has 1 saturated heterocycles. The van der Waals surface area contributed by atoms with Crippen LogP contribution in [0, 0.1) is 13.8 Å². The lowest BCUT2D eigenvalue weighted by atomic mass is 10.1. The van der Waals surface area contributed by atoms with Crippen LogP contribution in [-0.4, -0.2) is 28.3 Å². The van der Waals surface area contributed by atoms with E-state index in [0.717, 1.165) is 34.9 Å². The highest BCUT2D eigenvalue weighted by Crippen LogP contribution is 2.39. The molecule has 4 rings (SSSR count). The minimum Gasteiger partial charge on any atom is -0.354 e. The van der Waals surface area contributed by atoms with Crippen LogP contribution in [0.25, 0.3) is 20.4 Å². The summed E-state index contributed by atoms with van der Waals surface area (Å²) in [6.45, 7) is 6.46. The van der Waals surface area contributed by atoms with Crippen LogP contribution < -0.4 is 4.90 Å². The predicted octanol–water partition coefficient (Wildman–Crippen LogP) is 3.39. The van der Waals surface area contributed by atoms with E-state index < -0.39 is 0 Å². The van der Waals surface area contributed by atoms with Gasteiger partial charge in [-0.3, -0.25) is 5.10 Å². The van der Waals surface area contributed by atoms with Gasteiger partial charge >= 0.3 is 0 Å². The zero-order valence-corrected chi connectivity index (χ0v) is 12.0. The summed E-state index contributed by atoms with van der Waals surface area (Å²) in [5.74, 6) is 1.12. The Bertz CT molecular complexity index is 765. The van der Waals surface area contributed by atoms with Crippen LogP contribution in [0.15, 0.2) is 6.07 Å². The Labute approximate surface area is 115 Å². The van der Waals surface area contributed by atoms with Crippen LogP contribution in [0.1, 0.15) is 24.1 Å². The number of anilines is 1. The van der Waals surface area contributed by atoms with E-state index in [1.807, 2.05) is 0 Å². The average Bonchev–Trinajstić information content (AvgIpc) is 3.00. The average molecular weight is 272 g/mol. The molecule has 0 bridgehead atoms. The summed E-state index contributed by atoms with van der Waals surface area (Å²) >= 11 is 1.76. The minimum absolute atomic E-state index is 1.09. The molecule has 0 amide bonds. The maximum Gasteiger partial charge on any atom is 0.168 e. The standard InChI is InChI=1S/C14H16N4S/c1-8-7-9(2)15-14-10(8)11-12(19-14)13(17-16-11)18-5-3-4-6-18/h7H,3-6H2,1-2H3,(H,16,17). The predicted molar refractivity (Wildman–Crippen MR) is 80.2 cm³/mol. The third-order valence-electron chi connectivity index (χ3n) is 3.87. The molecule has 0 aliphatic carbocycles. The monoisotopic (exact) mass is 272 g/mol. The molecule has 1 fully saturated rings. The molecule has 0 atom stereocenters. The van der Waals surface area contributed by atoms with Crippen LogP contribution in [0.4, 0.5) is 5.82 Å². The van der Waals surface area contributed by atoms with Crippen molar-refractivity contribution in [2.24, 2.45) is 0 Å². The van der Waals surface area contributed by atoms with Crippen LogP contribution in [0.3, 0.4) is 0 Å². The first-order valence-corrected chi connectivity index (χ1v) is 7.55. The third kappa shape index (κ3) is 1.57. The van der Waals surface area contributed by atoms with Crippen LogP contribution in [-0.2, 0) is 0 Å². The Hall–Kier alpha value is -1.62. The van der Waals surface area contributed by atoms with Gasteiger partial charge in [-0.2, -0.15) is 5.10 Å². The van der Waals surface area contributed by atoms with Crippen molar-refractivity contribution in [2.45, 2.75) is 26.7 Å². The van der Waals surface area contributed by atoms with Gasteiger partial charge in [0.1, 0.15) is 4.83 Å². The summed E-state index contributed by atoms with van der Waals surface area (Å²) in [6.07, 6.45) is 2.55. The molecule has 19 heavy (non-hydrogen) atoms. The van der Waals surface area contributed by atoms with Crippen molar-refractivity contribution in [1.82, 2.24) is 15.2 Å². The summed E-state index contributed by atoms with van der Waals surface area (Å²) in [7, 11) is 0. The molecule has 0 aromatic carbocycles. The van der Waals surface area contributed by atoms with Crippen molar-refractivity contribution in [2.75, 3.05) is 18.0 Å². The van der Waals surface area contributed by atoms with Gasteiger partial charge in [0.2, 0.25) is 0 Å². The summed E-state index contributed by atoms with van der Waals surface area (Å²) < 4.78 is 1.26. The Morgan fingerprint density at radius 2 is 2.05 bits per heavy atom. The van der Waals surface area contributed by atoms with E-state index in [-0.39, 0.29) is 0 Å². The van der Waals surface area contributed by atoms with Crippen molar-refractivity contribution in [3.05, 3.63) is 17.3 Å². The summed E-state index contributed by atoms with van der Waals surface area (Å²) in [5.41, 5.74) is 3.53. The van der Waals surface area contributed by atoms with Crippen LogP contribution in [0.5, 0.6) is 0 Å². The zero-order chi connectivity index (χ0) is 13.0. The molecule has 4 heterocycles. The topological polar surface area (TPSA) is 44.8 Å². The van der Waals surface area contributed by atoms with Gasteiger partial charge in [-0.15, -0.1) is 11.3 Å². The largest absolute Gasteiger partial charge is 0.354 e. The van der Waals surface area contributed by atoms with Gasteiger partial charge in [0.15, 0.2) is 5.82 Å². The highest BCUT2D eigenvalue weighted by atomic mass is 32.1. The third-order valence-corrected chi connectivity index (χ3v) is 4.95. The Balaban J connectivity index is 2.01. The van der Waals surface area contributed by atoms with Gasteiger partial charge in [0.05, 0.1) is 10.2 Å². The van der Waals surface area contributed by atoms with E-state index in [1.165, 1.54) is 28.5 Å². The number of thiophene rings is 1. The Morgan fingerprint density at radius 3 is 2.84 bits per heavy atom. The molecule has 4 nitrogen and oxygen atoms in total. The first kappa shape index (κ1) is 11.2. The molecule has 0 saturated carbocycles. The number of fused-ring (bicyclic) bond motifs is 3. The molecule has 5 heteroatoms. The van der Waals surface area contributed by atoms with Crippen molar-refractivity contribution in [3.8, 4) is 0 Å². The summed E-state index contributed by atoms with van der Waals surface area (Å²) in [4.78, 5) is 8.18. The molecule has 1 N–H and O–H groups in total. The van der Waals surface area contributed by atoms with Gasteiger partial charge in [-0.25, -0.2) is 4.98 Å². The number of pyridine rings is 1. The molecule has 0 radical (unpaired) electrons. The van der Waals surface area contributed by atoms with Gasteiger partial charge in [0.25, 0.3) is 0 Å². The number of rotatable bonds is 1. The molecule has 1 aliphatic rings. The second-order valence-corrected chi connectivity index (χ2v) is 6.31. The lowest BCUT2D eigenvalue weighted by Crippen LogP contribution is -2.17. The number of nitrogens with zero attached hydrogens (tertiary/aromatic N) is 3. The number of aromatic amines is 1. The first-order chi connectivity index (χ1) is 9.24. The summed E-state index contributed by atoms with van der Waals surface area (Å²) in [6, 6.07) is 2.14. The van der Waals surface area contributed by atoms with Gasteiger partial charge in [-0.05, 0) is 38.3 Å². The molecule has 0 spiro atoms. The highest BCUT2D eigenvalue weighted by molar-refractivity contribution is 7.26. The number of nitrogens with one attached hydrogen (secondary N) is 1. The lowest BCUT2D eigenvalue weighted by Gasteiger charge is -2.12. The molecular weight excluding hydrogens is 256 g/mol. The van der Waals surface area contributed by atoms with E-state index >= 15 is 0 Å². The normalized spacial score (nSPS) is 16.0. The quantitative estimate of drug-likeness (QED) is 0.738. The number of aromatic nitrogens is 3. The van der Waals surface area contributed by atoms with E-state index in [4.69, 9.17) is 0 Å². The fourth-order valence-corrected chi connectivity index (χ4v) is 4.27. The van der Waals surface area contributed by atoms with E-state index in [1.54, 1.807) is 11.3 Å². The Kier molecular flexibility index (Phi) is 2.33. The van der Waals surface area contributed by atoms with Crippen LogP contribution in [0.2, 0.25) is 0 Å². The SMILES string of the molecule is Cc1cc(C)c2c(n1)sc1c(N3CCCC3)n[nH]c12. The fourth-order valence-electron chi connectivity index (χ4n) is 3.01. The van der Waals surface area contributed by atoms with E-state index in [0.29, 0.717) is 0 Å². The number of hydrogen-bond acceptors (Lipinski definition) is 4. The zero-order valence-electron chi connectivity index (χ0n) is 11.2. The number of aryl methyl sites for hydroxylation is 2. The molecule has 0 unspecified atom stereocenters. The lowest BCUT2D eigenvalue weighted by molar-refractivity contribution is 0.927. The first-order valence-electron chi connectivity index (χ1n) is 6.74. The van der Waals surface area contributed by atoms with Crippen molar-refractivity contribution in [1.29, 1.82) is 0 Å². The fraction of sp³-hybridized carbons (Fsp3) is 0.429. The van der Waals surface area contributed by atoms with Crippen molar-refractivity contribution in [3.63, 3.8) is 0 Å². The van der Waals surface area contributed by atoms with Gasteiger partial charge in [-0.1, -0.05) is 0 Å². The van der Waals surface area contributed by atoms with E-state index in [9.17, 15) is 0 Å². The maximum atomic E-state index is 4.67. The molecule has 1 aliphatic heterocycles. The second-order valence-electron chi connectivity index (χ2n) is 5.31. The molecular formula is C14H16N4S. The minimum atomic E-state index is 1.09. The summed E-state index contributed by atoms with van der Waals surface area (Å²) in [5, 5.41) is 9.00. The highest BCUT2D eigenvalue weighted by Gasteiger charge is 2.21. The van der Waals surface area contributed by atoms with Crippen molar-refractivity contribution < 1.29 is 0 Å². The Morgan fingerprint density at radius 1 is 1.26 bits per heavy atom. The number of H-pyrrole nitrogens is 1. The molecule has 3 aromatic rings. The molecule has 98 valence electrons. The van der Waals surface area contributed by atoms with Gasteiger partial charge < -0.3 is 4.90 Å².